The summed E-state index contributed by atoms with van der Waals surface area (Å²) in [5.74, 6) is 0.218. The SMILES string of the molecule is COc1ccccc1NC(=O)c1ccc(NC(=O)CN(C)Cc2ccccc2N2CCOCC2)cc1. The zero-order chi connectivity index (χ0) is 25.3. The van der Waals surface area contributed by atoms with Crippen LogP contribution >= 0.6 is 0 Å². The largest absolute Gasteiger partial charge is 0.495 e. The second-order valence-electron chi connectivity index (χ2n) is 8.68. The molecule has 0 spiro atoms. The maximum atomic E-state index is 12.7. The third kappa shape index (κ3) is 6.62. The number of hydrogen-bond acceptors (Lipinski definition) is 6. The lowest BCUT2D eigenvalue weighted by atomic mass is 10.1. The smallest absolute Gasteiger partial charge is 0.255 e. The zero-order valence-electron chi connectivity index (χ0n) is 20.7. The minimum absolute atomic E-state index is 0.118. The van der Waals surface area contributed by atoms with Crippen molar-refractivity contribution in [2.45, 2.75) is 6.54 Å². The van der Waals surface area contributed by atoms with Gasteiger partial charge in [0.2, 0.25) is 5.91 Å². The van der Waals surface area contributed by atoms with Crippen LogP contribution in [0.4, 0.5) is 17.1 Å². The molecule has 0 saturated carbocycles. The van der Waals surface area contributed by atoms with Gasteiger partial charge < -0.3 is 25.0 Å². The highest BCUT2D eigenvalue weighted by molar-refractivity contribution is 6.05. The maximum Gasteiger partial charge on any atom is 0.255 e. The van der Waals surface area contributed by atoms with E-state index >= 15 is 0 Å². The number of nitrogens with zero attached hydrogens (tertiary/aromatic N) is 2. The molecule has 0 atom stereocenters. The lowest BCUT2D eigenvalue weighted by Crippen LogP contribution is -2.37. The van der Waals surface area contributed by atoms with Gasteiger partial charge in [-0.2, -0.15) is 0 Å². The van der Waals surface area contributed by atoms with Gasteiger partial charge in [0.05, 0.1) is 32.6 Å². The zero-order valence-corrected chi connectivity index (χ0v) is 20.7. The summed E-state index contributed by atoms with van der Waals surface area (Å²) >= 11 is 0. The van der Waals surface area contributed by atoms with Crippen LogP contribution in [0.2, 0.25) is 0 Å². The van der Waals surface area contributed by atoms with Crippen LogP contribution in [0.15, 0.2) is 72.8 Å². The van der Waals surface area contributed by atoms with Gasteiger partial charge >= 0.3 is 0 Å². The number of carbonyl (C=O) groups is 2. The first-order valence-electron chi connectivity index (χ1n) is 12.0. The summed E-state index contributed by atoms with van der Waals surface area (Å²) in [6, 6.07) is 22.3. The average Bonchev–Trinajstić information content (AvgIpc) is 2.90. The molecule has 0 aromatic heterocycles. The number of ether oxygens (including phenoxy) is 2. The summed E-state index contributed by atoms with van der Waals surface area (Å²) in [5, 5.41) is 5.76. The van der Waals surface area contributed by atoms with Crippen LogP contribution < -0.4 is 20.3 Å². The Morgan fingerprint density at radius 3 is 2.39 bits per heavy atom. The minimum Gasteiger partial charge on any atom is -0.495 e. The molecule has 188 valence electrons. The van der Waals surface area contributed by atoms with Crippen molar-refractivity contribution in [1.82, 2.24) is 4.90 Å². The van der Waals surface area contributed by atoms with Crippen LogP contribution in [0.5, 0.6) is 5.75 Å². The number of morpholine rings is 1. The summed E-state index contributed by atoms with van der Waals surface area (Å²) in [4.78, 5) is 29.6. The Morgan fingerprint density at radius 1 is 0.944 bits per heavy atom. The van der Waals surface area contributed by atoms with Crippen LogP contribution in [0, 0.1) is 0 Å². The van der Waals surface area contributed by atoms with Crippen molar-refractivity contribution in [3.05, 3.63) is 83.9 Å². The van der Waals surface area contributed by atoms with Crippen LogP contribution in [0.25, 0.3) is 0 Å². The molecular formula is C28H32N4O4. The maximum absolute atomic E-state index is 12.7. The fourth-order valence-electron chi connectivity index (χ4n) is 4.20. The molecular weight excluding hydrogens is 456 g/mol. The molecule has 0 bridgehead atoms. The topological polar surface area (TPSA) is 83.1 Å². The van der Waals surface area contributed by atoms with Crippen molar-refractivity contribution in [2.75, 3.05) is 62.5 Å². The van der Waals surface area contributed by atoms with Gasteiger partial charge in [-0.05, 0) is 55.1 Å². The van der Waals surface area contributed by atoms with Gasteiger partial charge in [0.25, 0.3) is 5.91 Å². The molecule has 2 N–H and O–H groups in total. The summed E-state index contributed by atoms with van der Waals surface area (Å²) in [6.45, 7) is 4.10. The Morgan fingerprint density at radius 2 is 1.64 bits per heavy atom. The molecule has 0 unspecified atom stereocenters. The second kappa shape index (κ2) is 12.2. The highest BCUT2D eigenvalue weighted by Crippen LogP contribution is 2.24. The Labute approximate surface area is 211 Å². The molecule has 8 heteroatoms. The number of carbonyl (C=O) groups excluding carboxylic acids is 2. The number of para-hydroxylation sites is 3. The minimum atomic E-state index is -0.254. The molecule has 36 heavy (non-hydrogen) atoms. The molecule has 2 amide bonds. The van der Waals surface area contributed by atoms with E-state index in [1.54, 1.807) is 43.5 Å². The summed E-state index contributed by atoms with van der Waals surface area (Å²) < 4.78 is 10.8. The molecule has 8 nitrogen and oxygen atoms in total. The van der Waals surface area contributed by atoms with Gasteiger partial charge in [-0.15, -0.1) is 0 Å². The Bertz CT molecular complexity index is 1180. The predicted molar refractivity (Wildman–Crippen MR) is 142 cm³/mol. The van der Waals surface area contributed by atoms with E-state index in [-0.39, 0.29) is 18.4 Å². The molecule has 1 aliphatic rings. The Balaban J connectivity index is 1.30. The van der Waals surface area contributed by atoms with Crippen molar-refractivity contribution < 1.29 is 19.1 Å². The second-order valence-corrected chi connectivity index (χ2v) is 8.68. The fourth-order valence-corrected chi connectivity index (χ4v) is 4.20. The summed E-state index contributed by atoms with van der Waals surface area (Å²) in [7, 11) is 3.49. The number of nitrogens with one attached hydrogen (secondary N) is 2. The summed E-state index contributed by atoms with van der Waals surface area (Å²) in [6.07, 6.45) is 0. The van der Waals surface area contributed by atoms with Gasteiger partial charge in [0.1, 0.15) is 5.75 Å². The molecule has 1 fully saturated rings. The van der Waals surface area contributed by atoms with Crippen LogP contribution in [0.3, 0.4) is 0 Å². The van der Waals surface area contributed by atoms with Crippen molar-refractivity contribution >= 4 is 28.9 Å². The van der Waals surface area contributed by atoms with Gasteiger partial charge in [-0.25, -0.2) is 0 Å². The van der Waals surface area contributed by atoms with Crippen molar-refractivity contribution in [1.29, 1.82) is 0 Å². The van der Waals surface area contributed by atoms with E-state index in [9.17, 15) is 9.59 Å². The molecule has 0 aliphatic carbocycles. The van der Waals surface area contributed by atoms with Gasteiger partial charge in [-0.3, -0.25) is 14.5 Å². The van der Waals surface area contributed by atoms with E-state index in [2.05, 4.69) is 27.7 Å². The number of anilines is 3. The van der Waals surface area contributed by atoms with E-state index in [1.165, 1.54) is 11.3 Å². The van der Waals surface area contributed by atoms with E-state index in [0.717, 1.165) is 26.3 Å². The van der Waals surface area contributed by atoms with Crippen LogP contribution in [-0.2, 0) is 16.1 Å². The van der Waals surface area contributed by atoms with E-state index < -0.39 is 0 Å². The highest BCUT2D eigenvalue weighted by atomic mass is 16.5. The summed E-state index contributed by atoms with van der Waals surface area (Å²) in [5.41, 5.74) is 4.09. The van der Waals surface area contributed by atoms with E-state index in [4.69, 9.17) is 9.47 Å². The van der Waals surface area contributed by atoms with Gasteiger partial charge in [-0.1, -0.05) is 30.3 Å². The molecule has 1 aliphatic heterocycles. The average molecular weight is 489 g/mol. The third-order valence-corrected chi connectivity index (χ3v) is 5.98. The highest BCUT2D eigenvalue weighted by Gasteiger charge is 2.16. The quantitative estimate of drug-likeness (QED) is 0.476. The number of likely N-dealkylation sites (N-methyl/N-ethyl adjacent to an activating group) is 1. The van der Waals surface area contributed by atoms with Crippen molar-refractivity contribution in [3.63, 3.8) is 0 Å². The van der Waals surface area contributed by atoms with Crippen molar-refractivity contribution in [2.24, 2.45) is 0 Å². The monoisotopic (exact) mass is 488 g/mol. The number of benzene rings is 3. The molecule has 4 rings (SSSR count). The molecule has 1 heterocycles. The van der Waals surface area contributed by atoms with Gasteiger partial charge in [0, 0.05) is 36.6 Å². The first-order chi connectivity index (χ1) is 17.5. The fraction of sp³-hybridized carbons (Fsp3) is 0.286. The number of methoxy groups -OCH3 is 1. The number of amides is 2. The van der Waals surface area contributed by atoms with Crippen LogP contribution in [0.1, 0.15) is 15.9 Å². The van der Waals surface area contributed by atoms with E-state index in [0.29, 0.717) is 29.2 Å². The third-order valence-electron chi connectivity index (χ3n) is 5.98. The normalized spacial score (nSPS) is 13.4. The lowest BCUT2D eigenvalue weighted by molar-refractivity contribution is -0.117. The van der Waals surface area contributed by atoms with Crippen LogP contribution in [-0.4, -0.2) is 63.7 Å². The Kier molecular flexibility index (Phi) is 8.54. The number of rotatable bonds is 9. The predicted octanol–water partition coefficient (Wildman–Crippen LogP) is 3.85. The first-order valence-corrected chi connectivity index (χ1v) is 12.0. The standard InChI is InChI=1S/C28H32N4O4/c1-31(19-22-7-3-5-9-25(22)32-15-17-36-18-16-32)20-27(33)29-23-13-11-21(12-14-23)28(34)30-24-8-4-6-10-26(24)35-2/h3-14H,15-20H2,1-2H3,(H,29,33)(H,30,34). The molecule has 0 radical (unpaired) electrons. The Hall–Kier alpha value is -3.88. The lowest BCUT2D eigenvalue weighted by Gasteiger charge is -2.31. The number of hydrogen-bond donors (Lipinski definition) is 2. The first kappa shape index (κ1) is 25.2. The van der Waals surface area contributed by atoms with Gasteiger partial charge in [0.15, 0.2) is 0 Å². The van der Waals surface area contributed by atoms with Crippen molar-refractivity contribution in [3.8, 4) is 5.75 Å². The molecule has 3 aromatic rings. The molecule has 1 saturated heterocycles. The molecule has 3 aromatic carbocycles. The van der Waals surface area contributed by atoms with E-state index in [1.807, 2.05) is 36.2 Å².